The number of aliphatic hydroxyl groups excluding tert-OH is 1. The number of aliphatic hydroxyl groups is 1. The van der Waals surface area contributed by atoms with Gasteiger partial charge in [0, 0.05) is 6.26 Å². The first-order valence-electron chi connectivity index (χ1n) is 6.64. The molecule has 0 aliphatic rings. The Balaban J connectivity index is 2.03. The number of hydrogen-bond donors (Lipinski definition) is 1. The van der Waals surface area contributed by atoms with Gasteiger partial charge in [0.2, 0.25) is 0 Å². The number of rotatable bonds is 5. The van der Waals surface area contributed by atoms with E-state index in [1.165, 1.54) is 24.3 Å². The van der Waals surface area contributed by atoms with Gasteiger partial charge >= 0.3 is 0 Å². The maximum Gasteiger partial charge on any atom is 0.175 e. The van der Waals surface area contributed by atoms with Gasteiger partial charge in [0.05, 0.1) is 4.90 Å². The maximum absolute atomic E-state index is 13.1. The van der Waals surface area contributed by atoms with Crippen LogP contribution >= 0.6 is 0 Å². The molecule has 1 unspecified atom stereocenters. The van der Waals surface area contributed by atoms with E-state index in [0.29, 0.717) is 16.9 Å². The molecule has 0 heterocycles. The number of ether oxygens (including phenoxy) is 1. The van der Waals surface area contributed by atoms with Gasteiger partial charge in [-0.2, -0.15) is 0 Å². The summed E-state index contributed by atoms with van der Waals surface area (Å²) in [7, 11) is -3.26. The first kappa shape index (κ1) is 16.5. The van der Waals surface area contributed by atoms with Gasteiger partial charge in [0.15, 0.2) is 9.84 Å². The van der Waals surface area contributed by atoms with Crippen molar-refractivity contribution in [2.75, 3.05) is 12.9 Å². The Morgan fingerprint density at radius 1 is 1.18 bits per heavy atom. The number of sulfone groups is 1. The van der Waals surface area contributed by atoms with Crippen molar-refractivity contribution in [3.8, 4) is 5.75 Å². The standard InChI is InChI=1S/C16H17FO4S/c1-11-9-13(5-8-15(11)17)21-10-16(18)12-3-6-14(7-4-12)22(2,19)20/h3-9,16,18H,10H2,1-2H3. The highest BCUT2D eigenvalue weighted by Crippen LogP contribution is 2.20. The highest BCUT2D eigenvalue weighted by atomic mass is 32.2. The fourth-order valence-corrected chi connectivity index (χ4v) is 2.55. The summed E-state index contributed by atoms with van der Waals surface area (Å²) in [5.41, 5.74) is 1.01. The van der Waals surface area contributed by atoms with Crippen LogP contribution < -0.4 is 4.74 Å². The Morgan fingerprint density at radius 3 is 2.36 bits per heavy atom. The van der Waals surface area contributed by atoms with Gasteiger partial charge in [-0.1, -0.05) is 12.1 Å². The molecule has 6 heteroatoms. The van der Waals surface area contributed by atoms with Crippen LogP contribution in [0.5, 0.6) is 5.75 Å². The molecule has 0 aromatic heterocycles. The molecule has 0 amide bonds. The molecule has 0 bridgehead atoms. The number of benzene rings is 2. The van der Waals surface area contributed by atoms with E-state index in [1.54, 1.807) is 25.1 Å². The Hall–Kier alpha value is -1.92. The third-order valence-electron chi connectivity index (χ3n) is 3.23. The molecule has 0 spiro atoms. The van der Waals surface area contributed by atoms with Crippen LogP contribution in [0.15, 0.2) is 47.4 Å². The number of halogens is 1. The van der Waals surface area contributed by atoms with E-state index >= 15 is 0 Å². The molecule has 4 nitrogen and oxygen atoms in total. The minimum absolute atomic E-state index is 0.0106. The van der Waals surface area contributed by atoms with Crippen LogP contribution in [-0.4, -0.2) is 26.4 Å². The van der Waals surface area contributed by atoms with E-state index in [-0.39, 0.29) is 17.3 Å². The van der Waals surface area contributed by atoms with Crippen molar-refractivity contribution in [2.45, 2.75) is 17.9 Å². The van der Waals surface area contributed by atoms with Crippen molar-refractivity contribution < 1.29 is 22.7 Å². The predicted molar refractivity (Wildman–Crippen MR) is 81.1 cm³/mol. The van der Waals surface area contributed by atoms with Crippen molar-refractivity contribution in [3.63, 3.8) is 0 Å². The van der Waals surface area contributed by atoms with Crippen LogP contribution in [0.4, 0.5) is 4.39 Å². The van der Waals surface area contributed by atoms with Gasteiger partial charge in [-0.15, -0.1) is 0 Å². The smallest absolute Gasteiger partial charge is 0.175 e. The van der Waals surface area contributed by atoms with E-state index in [9.17, 15) is 17.9 Å². The lowest BCUT2D eigenvalue weighted by Crippen LogP contribution is -2.10. The molecule has 0 radical (unpaired) electrons. The van der Waals surface area contributed by atoms with E-state index in [1.807, 2.05) is 0 Å². The summed E-state index contributed by atoms with van der Waals surface area (Å²) in [5.74, 6) is 0.148. The highest BCUT2D eigenvalue weighted by molar-refractivity contribution is 7.90. The average Bonchev–Trinajstić information content (AvgIpc) is 2.47. The lowest BCUT2D eigenvalue weighted by atomic mass is 10.1. The lowest BCUT2D eigenvalue weighted by Gasteiger charge is -2.13. The molecule has 22 heavy (non-hydrogen) atoms. The second-order valence-corrected chi connectivity index (χ2v) is 7.09. The van der Waals surface area contributed by atoms with Gasteiger partial charge in [-0.05, 0) is 48.4 Å². The third kappa shape index (κ3) is 4.05. The molecule has 0 aliphatic heterocycles. The summed E-state index contributed by atoms with van der Waals surface area (Å²) in [6.07, 6.45) is 0.220. The Labute approximate surface area is 129 Å². The maximum atomic E-state index is 13.1. The van der Waals surface area contributed by atoms with Crippen LogP contribution in [0.3, 0.4) is 0 Å². The monoisotopic (exact) mass is 324 g/mol. The van der Waals surface area contributed by atoms with Crippen LogP contribution in [0.2, 0.25) is 0 Å². The summed E-state index contributed by atoms with van der Waals surface area (Å²) in [6, 6.07) is 10.3. The number of hydrogen-bond acceptors (Lipinski definition) is 4. The summed E-state index contributed by atoms with van der Waals surface area (Å²) in [4.78, 5) is 0.193. The largest absolute Gasteiger partial charge is 0.491 e. The molecule has 0 saturated carbocycles. The zero-order valence-electron chi connectivity index (χ0n) is 12.3. The Bertz CT molecular complexity index is 754. The molecule has 2 aromatic carbocycles. The molecule has 1 N–H and O–H groups in total. The molecule has 1 atom stereocenters. The van der Waals surface area contributed by atoms with E-state index in [4.69, 9.17) is 4.74 Å². The minimum atomic E-state index is -3.26. The SMILES string of the molecule is Cc1cc(OCC(O)c2ccc(S(C)(=O)=O)cc2)ccc1F. The lowest BCUT2D eigenvalue weighted by molar-refractivity contribution is 0.108. The quantitative estimate of drug-likeness (QED) is 0.918. The zero-order chi connectivity index (χ0) is 16.3. The fraction of sp³-hybridized carbons (Fsp3) is 0.250. The summed E-state index contributed by atoms with van der Waals surface area (Å²) < 4.78 is 41.3. The molecule has 0 fully saturated rings. The van der Waals surface area contributed by atoms with Crippen molar-refractivity contribution >= 4 is 9.84 Å². The first-order chi connectivity index (χ1) is 10.3. The summed E-state index contributed by atoms with van der Waals surface area (Å²) in [5, 5.41) is 10.1. The molecule has 118 valence electrons. The average molecular weight is 324 g/mol. The van der Waals surface area contributed by atoms with E-state index in [2.05, 4.69) is 0 Å². The van der Waals surface area contributed by atoms with Crippen LogP contribution in [0.25, 0.3) is 0 Å². The second-order valence-electron chi connectivity index (χ2n) is 5.08. The Morgan fingerprint density at radius 2 is 1.82 bits per heavy atom. The van der Waals surface area contributed by atoms with Crippen LogP contribution in [-0.2, 0) is 9.84 Å². The first-order valence-corrected chi connectivity index (χ1v) is 8.53. The van der Waals surface area contributed by atoms with Crippen LogP contribution in [0.1, 0.15) is 17.2 Å². The number of aryl methyl sites for hydroxylation is 1. The van der Waals surface area contributed by atoms with Crippen molar-refractivity contribution in [1.29, 1.82) is 0 Å². The fourth-order valence-electron chi connectivity index (χ4n) is 1.92. The zero-order valence-corrected chi connectivity index (χ0v) is 13.1. The van der Waals surface area contributed by atoms with Gasteiger partial charge in [-0.25, -0.2) is 12.8 Å². The topological polar surface area (TPSA) is 63.6 Å². The van der Waals surface area contributed by atoms with Gasteiger partial charge < -0.3 is 9.84 Å². The molecule has 2 rings (SSSR count). The molecule has 0 aliphatic carbocycles. The third-order valence-corrected chi connectivity index (χ3v) is 4.36. The van der Waals surface area contributed by atoms with E-state index < -0.39 is 15.9 Å². The minimum Gasteiger partial charge on any atom is -0.491 e. The van der Waals surface area contributed by atoms with Crippen molar-refractivity contribution in [3.05, 3.63) is 59.4 Å². The molecule has 0 saturated heterocycles. The molecular weight excluding hydrogens is 307 g/mol. The van der Waals surface area contributed by atoms with Crippen molar-refractivity contribution in [1.82, 2.24) is 0 Å². The predicted octanol–water partition coefficient (Wildman–Crippen LogP) is 2.65. The normalized spacial score (nSPS) is 12.9. The van der Waals surface area contributed by atoms with Gasteiger partial charge in [0.25, 0.3) is 0 Å². The van der Waals surface area contributed by atoms with Crippen LogP contribution in [0, 0.1) is 12.7 Å². The molecule has 2 aromatic rings. The van der Waals surface area contributed by atoms with Crippen molar-refractivity contribution in [2.24, 2.45) is 0 Å². The van der Waals surface area contributed by atoms with Gasteiger partial charge in [-0.3, -0.25) is 0 Å². The van der Waals surface area contributed by atoms with E-state index in [0.717, 1.165) is 6.26 Å². The molecular formula is C16H17FO4S. The summed E-state index contributed by atoms with van der Waals surface area (Å²) >= 11 is 0. The second kappa shape index (κ2) is 6.46. The summed E-state index contributed by atoms with van der Waals surface area (Å²) in [6.45, 7) is 1.62. The highest BCUT2D eigenvalue weighted by Gasteiger charge is 2.12. The Kier molecular flexibility index (Phi) is 4.83. The van der Waals surface area contributed by atoms with Gasteiger partial charge in [0.1, 0.15) is 24.3 Å².